The Bertz CT molecular complexity index is 235. The number of likely N-dealkylation sites (N-methyl/N-ethyl adjacent to an activating group) is 1. The third-order valence-corrected chi connectivity index (χ3v) is 4.24. The van der Waals surface area contributed by atoms with Gasteiger partial charge in [0, 0.05) is 30.7 Å². The Morgan fingerprint density at radius 2 is 1.58 bits per heavy atom. The average Bonchev–Trinajstić information content (AvgIpc) is 2.29. The Morgan fingerprint density at radius 1 is 1.00 bits per heavy atom. The van der Waals surface area contributed by atoms with E-state index in [0.29, 0.717) is 12.1 Å². The number of rotatable bonds is 6. The van der Waals surface area contributed by atoms with E-state index in [1.807, 2.05) is 0 Å². The van der Waals surface area contributed by atoms with Crippen molar-refractivity contribution in [2.45, 2.75) is 71.5 Å². The van der Waals surface area contributed by atoms with Crippen LogP contribution in [0.1, 0.15) is 53.9 Å². The third-order valence-electron chi connectivity index (χ3n) is 4.24. The van der Waals surface area contributed by atoms with Crippen molar-refractivity contribution in [3.05, 3.63) is 0 Å². The van der Waals surface area contributed by atoms with Gasteiger partial charge in [-0.1, -0.05) is 6.42 Å². The van der Waals surface area contributed by atoms with E-state index in [1.165, 1.54) is 38.9 Å². The van der Waals surface area contributed by atoms with E-state index in [9.17, 15) is 0 Å². The molecule has 1 aliphatic rings. The van der Waals surface area contributed by atoms with E-state index in [2.05, 4.69) is 56.8 Å². The van der Waals surface area contributed by atoms with Crippen LogP contribution in [0.15, 0.2) is 0 Å². The molecule has 0 aliphatic carbocycles. The number of hydrogen-bond donors (Lipinski definition) is 1. The number of unbranched alkanes of at least 4 members (excludes halogenated alkanes) is 2. The molecule has 1 N–H and O–H groups in total. The SMILES string of the molecule is CC1CN(CCCCCNC(C)(C)C)CC(C)N1C. The zero-order valence-electron chi connectivity index (χ0n) is 14.0. The molecule has 0 aromatic heterocycles. The van der Waals surface area contributed by atoms with Crippen LogP contribution in [0.3, 0.4) is 0 Å². The molecule has 1 heterocycles. The third kappa shape index (κ3) is 6.73. The molecule has 0 radical (unpaired) electrons. The van der Waals surface area contributed by atoms with Gasteiger partial charge in [0.25, 0.3) is 0 Å². The van der Waals surface area contributed by atoms with Crippen LogP contribution >= 0.6 is 0 Å². The summed E-state index contributed by atoms with van der Waals surface area (Å²) in [6.45, 7) is 16.3. The largest absolute Gasteiger partial charge is 0.312 e. The van der Waals surface area contributed by atoms with E-state index in [-0.39, 0.29) is 5.54 Å². The first kappa shape index (κ1) is 16.9. The van der Waals surface area contributed by atoms with E-state index >= 15 is 0 Å². The van der Waals surface area contributed by atoms with Gasteiger partial charge < -0.3 is 10.2 Å². The molecule has 0 saturated carbocycles. The molecule has 1 aliphatic heterocycles. The first-order chi connectivity index (χ1) is 8.79. The fraction of sp³-hybridized carbons (Fsp3) is 1.00. The molecule has 3 nitrogen and oxygen atoms in total. The first-order valence-electron chi connectivity index (χ1n) is 7.99. The molecule has 1 saturated heterocycles. The summed E-state index contributed by atoms with van der Waals surface area (Å²) in [5, 5.41) is 3.56. The second-order valence-electron chi connectivity index (χ2n) is 7.36. The lowest BCUT2D eigenvalue weighted by Gasteiger charge is -2.42. The summed E-state index contributed by atoms with van der Waals surface area (Å²) in [6.07, 6.45) is 3.99. The van der Waals surface area contributed by atoms with Gasteiger partial charge in [0.05, 0.1) is 0 Å². The second kappa shape index (κ2) is 7.61. The van der Waals surface area contributed by atoms with Gasteiger partial charge in [0.2, 0.25) is 0 Å². The molecule has 0 aromatic rings. The molecule has 1 fully saturated rings. The van der Waals surface area contributed by atoms with Gasteiger partial charge in [-0.3, -0.25) is 4.90 Å². The maximum Gasteiger partial charge on any atom is 0.0195 e. The number of piperazine rings is 1. The highest BCUT2D eigenvalue weighted by Gasteiger charge is 2.25. The summed E-state index contributed by atoms with van der Waals surface area (Å²) in [6, 6.07) is 1.40. The topological polar surface area (TPSA) is 18.5 Å². The van der Waals surface area contributed by atoms with Gasteiger partial charge in [-0.15, -0.1) is 0 Å². The Labute approximate surface area is 120 Å². The Balaban J connectivity index is 2.07. The quantitative estimate of drug-likeness (QED) is 0.748. The predicted octanol–water partition coefficient (Wildman–Crippen LogP) is 2.57. The minimum Gasteiger partial charge on any atom is -0.312 e. The highest BCUT2D eigenvalue weighted by atomic mass is 15.3. The van der Waals surface area contributed by atoms with Crippen LogP contribution in [0, 0.1) is 0 Å². The highest BCUT2D eigenvalue weighted by Crippen LogP contribution is 2.14. The average molecular weight is 269 g/mol. The maximum atomic E-state index is 3.56. The van der Waals surface area contributed by atoms with E-state index in [4.69, 9.17) is 0 Å². The van der Waals surface area contributed by atoms with Crippen molar-refractivity contribution >= 4 is 0 Å². The van der Waals surface area contributed by atoms with Crippen molar-refractivity contribution in [3.63, 3.8) is 0 Å². The van der Waals surface area contributed by atoms with Gasteiger partial charge in [0.1, 0.15) is 0 Å². The second-order valence-corrected chi connectivity index (χ2v) is 7.36. The van der Waals surface area contributed by atoms with Crippen molar-refractivity contribution in [2.24, 2.45) is 0 Å². The van der Waals surface area contributed by atoms with Gasteiger partial charge in [0.15, 0.2) is 0 Å². The number of nitrogens with zero attached hydrogens (tertiary/aromatic N) is 2. The van der Waals surface area contributed by atoms with Gasteiger partial charge >= 0.3 is 0 Å². The van der Waals surface area contributed by atoms with Crippen LogP contribution in [0.2, 0.25) is 0 Å². The number of hydrogen-bond acceptors (Lipinski definition) is 3. The van der Waals surface area contributed by atoms with Gasteiger partial charge in [-0.2, -0.15) is 0 Å². The lowest BCUT2D eigenvalue weighted by atomic mass is 10.1. The van der Waals surface area contributed by atoms with Crippen molar-refractivity contribution < 1.29 is 0 Å². The van der Waals surface area contributed by atoms with Crippen molar-refractivity contribution in [2.75, 3.05) is 33.2 Å². The predicted molar refractivity (Wildman–Crippen MR) is 84.7 cm³/mol. The molecule has 0 aromatic carbocycles. The van der Waals surface area contributed by atoms with Crippen LogP contribution in [-0.2, 0) is 0 Å². The summed E-state index contributed by atoms with van der Waals surface area (Å²) < 4.78 is 0. The normalized spacial score (nSPS) is 26.8. The Hall–Kier alpha value is -0.120. The first-order valence-corrected chi connectivity index (χ1v) is 7.99. The zero-order chi connectivity index (χ0) is 14.5. The molecular formula is C16H35N3. The van der Waals surface area contributed by atoms with Crippen LogP contribution < -0.4 is 5.32 Å². The van der Waals surface area contributed by atoms with Crippen LogP contribution in [0.5, 0.6) is 0 Å². The number of nitrogens with one attached hydrogen (secondary N) is 1. The Morgan fingerprint density at radius 3 is 2.11 bits per heavy atom. The molecule has 0 bridgehead atoms. The maximum absolute atomic E-state index is 3.56. The summed E-state index contributed by atoms with van der Waals surface area (Å²) in [4.78, 5) is 5.15. The molecular weight excluding hydrogens is 234 g/mol. The molecule has 114 valence electrons. The smallest absolute Gasteiger partial charge is 0.0195 e. The van der Waals surface area contributed by atoms with Crippen LogP contribution in [0.25, 0.3) is 0 Å². The van der Waals surface area contributed by atoms with Crippen molar-refractivity contribution in [1.82, 2.24) is 15.1 Å². The van der Waals surface area contributed by atoms with Gasteiger partial charge in [-0.25, -0.2) is 0 Å². The summed E-state index contributed by atoms with van der Waals surface area (Å²) in [7, 11) is 2.25. The van der Waals surface area contributed by atoms with Gasteiger partial charge in [-0.05, 0) is 67.6 Å². The summed E-state index contributed by atoms with van der Waals surface area (Å²) in [5.41, 5.74) is 0.266. The van der Waals surface area contributed by atoms with Crippen molar-refractivity contribution in [1.29, 1.82) is 0 Å². The molecule has 0 spiro atoms. The van der Waals surface area contributed by atoms with E-state index < -0.39 is 0 Å². The minimum absolute atomic E-state index is 0.266. The molecule has 3 heteroatoms. The monoisotopic (exact) mass is 269 g/mol. The summed E-state index contributed by atoms with van der Waals surface area (Å²) >= 11 is 0. The van der Waals surface area contributed by atoms with Crippen molar-refractivity contribution in [3.8, 4) is 0 Å². The fourth-order valence-electron chi connectivity index (χ4n) is 2.80. The van der Waals surface area contributed by atoms with Crippen LogP contribution in [-0.4, -0.2) is 60.6 Å². The molecule has 19 heavy (non-hydrogen) atoms. The fourth-order valence-corrected chi connectivity index (χ4v) is 2.80. The molecule has 1 rings (SSSR count). The van der Waals surface area contributed by atoms with E-state index in [0.717, 1.165) is 6.54 Å². The van der Waals surface area contributed by atoms with Crippen LogP contribution in [0.4, 0.5) is 0 Å². The lowest BCUT2D eigenvalue weighted by molar-refractivity contribution is 0.0591. The molecule has 2 atom stereocenters. The highest BCUT2D eigenvalue weighted by molar-refractivity contribution is 4.82. The Kier molecular flexibility index (Phi) is 6.78. The lowest BCUT2D eigenvalue weighted by Crippen LogP contribution is -2.54. The summed E-state index contributed by atoms with van der Waals surface area (Å²) in [5.74, 6) is 0. The molecule has 0 amide bonds. The standard InChI is InChI=1S/C16H35N3/c1-14-12-19(13-15(2)18(14)6)11-9-7-8-10-17-16(3,4)5/h14-15,17H,7-13H2,1-6H3. The zero-order valence-corrected chi connectivity index (χ0v) is 14.0. The minimum atomic E-state index is 0.266. The van der Waals surface area contributed by atoms with E-state index in [1.54, 1.807) is 0 Å². The molecule has 2 unspecified atom stereocenters.